The number of piperidine rings is 1. The van der Waals surface area contributed by atoms with E-state index in [9.17, 15) is 13.2 Å². The fourth-order valence-electron chi connectivity index (χ4n) is 3.09. The normalized spacial score (nSPS) is 29.0. The Hall–Kier alpha value is -0.660. The number of carbonyl (C=O) groups is 1. The number of nitrogens with zero attached hydrogens (tertiary/aromatic N) is 1. The molecule has 3 atom stereocenters. The van der Waals surface area contributed by atoms with Gasteiger partial charge in [-0.2, -0.15) is 17.4 Å². The molecule has 2 aliphatic rings. The summed E-state index contributed by atoms with van der Waals surface area (Å²) in [6.07, 6.45) is 3.21. The van der Waals surface area contributed by atoms with Crippen LogP contribution in [-0.4, -0.2) is 42.4 Å². The van der Waals surface area contributed by atoms with Crippen LogP contribution in [0.4, 0.5) is 0 Å². The SMILES string of the molecule is CC(C)C[C@@H](NS(=O)(=O)N1CC2CCC1C2)C(=O)O. The summed E-state index contributed by atoms with van der Waals surface area (Å²) in [5.74, 6) is -0.532. The van der Waals surface area contributed by atoms with Gasteiger partial charge in [-0.3, -0.25) is 4.79 Å². The van der Waals surface area contributed by atoms with Gasteiger partial charge in [0, 0.05) is 12.6 Å². The smallest absolute Gasteiger partial charge is 0.321 e. The Labute approximate surface area is 114 Å². The van der Waals surface area contributed by atoms with Gasteiger partial charge in [0.25, 0.3) is 10.2 Å². The Morgan fingerprint density at radius 2 is 2.11 bits per heavy atom. The minimum atomic E-state index is -3.68. The molecule has 0 radical (unpaired) electrons. The Morgan fingerprint density at radius 3 is 2.53 bits per heavy atom. The van der Waals surface area contributed by atoms with Gasteiger partial charge < -0.3 is 5.11 Å². The van der Waals surface area contributed by atoms with Gasteiger partial charge in [-0.05, 0) is 37.5 Å². The van der Waals surface area contributed by atoms with Crippen LogP contribution in [0.25, 0.3) is 0 Å². The third kappa shape index (κ3) is 3.27. The van der Waals surface area contributed by atoms with E-state index in [2.05, 4.69) is 4.72 Å². The molecule has 2 N–H and O–H groups in total. The second kappa shape index (κ2) is 5.38. The number of fused-ring (bicyclic) bond motifs is 2. The van der Waals surface area contributed by atoms with Gasteiger partial charge in [-0.15, -0.1) is 0 Å². The topological polar surface area (TPSA) is 86.7 Å². The maximum absolute atomic E-state index is 12.3. The summed E-state index contributed by atoms with van der Waals surface area (Å²) in [7, 11) is -3.68. The van der Waals surface area contributed by atoms with Gasteiger partial charge in [-0.1, -0.05) is 13.8 Å². The van der Waals surface area contributed by atoms with Crippen molar-refractivity contribution < 1.29 is 18.3 Å². The summed E-state index contributed by atoms with van der Waals surface area (Å²) in [6, 6.07) is -0.972. The molecule has 0 aromatic rings. The van der Waals surface area contributed by atoms with E-state index in [4.69, 9.17) is 5.11 Å². The maximum Gasteiger partial charge on any atom is 0.321 e. The maximum atomic E-state index is 12.3. The zero-order valence-electron chi connectivity index (χ0n) is 11.4. The first kappa shape index (κ1) is 14.7. The van der Waals surface area contributed by atoms with Crippen LogP contribution >= 0.6 is 0 Å². The van der Waals surface area contributed by atoms with Crippen LogP contribution in [0.1, 0.15) is 39.5 Å². The summed E-state index contributed by atoms with van der Waals surface area (Å²) >= 11 is 0. The third-order valence-electron chi connectivity index (χ3n) is 3.96. The molecule has 1 heterocycles. The van der Waals surface area contributed by atoms with Crippen LogP contribution in [0.15, 0.2) is 0 Å². The number of carboxylic acid groups (broad SMARTS) is 1. The molecule has 2 rings (SSSR count). The molecule has 6 nitrogen and oxygen atoms in total. The van der Waals surface area contributed by atoms with Gasteiger partial charge in [-0.25, -0.2) is 0 Å². The van der Waals surface area contributed by atoms with E-state index < -0.39 is 22.2 Å². The molecule has 7 heteroatoms. The van der Waals surface area contributed by atoms with Crippen LogP contribution in [0.3, 0.4) is 0 Å². The van der Waals surface area contributed by atoms with Crippen LogP contribution in [0.5, 0.6) is 0 Å². The lowest BCUT2D eigenvalue weighted by Crippen LogP contribution is -2.50. The first-order valence-electron chi connectivity index (χ1n) is 6.81. The lowest BCUT2D eigenvalue weighted by atomic mass is 10.1. The van der Waals surface area contributed by atoms with E-state index in [-0.39, 0.29) is 12.0 Å². The quantitative estimate of drug-likeness (QED) is 0.757. The second-order valence-electron chi connectivity index (χ2n) is 6.05. The molecule has 19 heavy (non-hydrogen) atoms. The molecule has 1 aliphatic heterocycles. The molecule has 2 fully saturated rings. The highest BCUT2D eigenvalue weighted by Gasteiger charge is 2.44. The van der Waals surface area contributed by atoms with Gasteiger partial charge in [0.1, 0.15) is 6.04 Å². The summed E-state index contributed by atoms with van der Waals surface area (Å²) in [5.41, 5.74) is 0. The highest BCUT2D eigenvalue weighted by molar-refractivity contribution is 7.87. The zero-order valence-corrected chi connectivity index (χ0v) is 12.2. The Balaban J connectivity index is 2.05. The first-order chi connectivity index (χ1) is 8.79. The number of carboxylic acids is 1. The van der Waals surface area contributed by atoms with Crippen molar-refractivity contribution in [1.82, 2.24) is 9.03 Å². The Kier molecular flexibility index (Phi) is 4.17. The van der Waals surface area contributed by atoms with E-state index in [0.717, 1.165) is 19.3 Å². The average molecular weight is 290 g/mol. The summed E-state index contributed by atoms with van der Waals surface area (Å²) in [4.78, 5) is 11.1. The molecular weight excluding hydrogens is 268 g/mol. The predicted molar refractivity (Wildman–Crippen MR) is 70.8 cm³/mol. The van der Waals surface area contributed by atoms with Crippen LogP contribution < -0.4 is 4.72 Å². The summed E-state index contributed by atoms with van der Waals surface area (Å²) in [6.45, 7) is 4.29. The summed E-state index contributed by atoms with van der Waals surface area (Å²) in [5, 5.41) is 9.11. The fraction of sp³-hybridized carbons (Fsp3) is 0.917. The van der Waals surface area contributed by atoms with Crippen molar-refractivity contribution in [3.05, 3.63) is 0 Å². The number of aliphatic carboxylic acids is 1. The third-order valence-corrected chi connectivity index (χ3v) is 5.61. The van der Waals surface area contributed by atoms with Gasteiger partial charge in [0.2, 0.25) is 0 Å². The molecule has 1 saturated heterocycles. The van der Waals surface area contributed by atoms with E-state index in [1.807, 2.05) is 13.8 Å². The van der Waals surface area contributed by atoms with E-state index in [1.165, 1.54) is 4.31 Å². The average Bonchev–Trinajstić information content (AvgIpc) is 2.88. The summed E-state index contributed by atoms with van der Waals surface area (Å²) < 4.78 is 28.3. The van der Waals surface area contributed by atoms with E-state index in [0.29, 0.717) is 18.9 Å². The molecule has 2 bridgehead atoms. The van der Waals surface area contributed by atoms with Crippen molar-refractivity contribution in [2.75, 3.05) is 6.54 Å². The minimum Gasteiger partial charge on any atom is -0.480 e. The molecule has 1 aliphatic carbocycles. The number of nitrogens with one attached hydrogen (secondary N) is 1. The van der Waals surface area contributed by atoms with Crippen molar-refractivity contribution in [2.24, 2.45) is 11.8 Å². The van der Waals surface area contributed by atoms with Crippen molar-refractivity contribution in [3.8, 4) is 0 Å². The molecule has 110 valence electrons. The van der Waals surface area contributed by atoms with Crippen LogP contribution in [0, 0.1) is 11.8 Å². The van der Waals surface area contributed by atoms with Gasteiger partial charge in [0.05, 0.1) is 0 Å². The van der Waals surface area contributed by atoms with Gasteiger partial charge in [0.15, 0.2) is 0 Å². The van der Waals surface area contributed by atoms with Crippen molar-refractivity contribution in [1.29, 1.82) is 0 Å². The molecule has 0 aromatic carbocycles. The van der Waals surface area contributed by atoms with E-state index in [1.54, 1.807) is 0 Å². The molecule has 0 spiro atoms. The van der Waals surface area contributed by atoms with Crippen molar-refractivity contribution in [2.45, 2.75) is 51.6 Å². The van der Waals surface area contributed by atoms with Crippen molar-refractivity contribution >= 4 is 16.2 Å². The molecule has 0 aromatic heterocycles. The van der Waals surface area contributed by atoms with Crippen LogP contribution in [-0.2, 0) is 15.0 Å². The highest BCUT2D eigenvalue weighted by Crippen LogP contribution is 2.38. The monoisotopic (exact) mass is 290 g/mol. The number of hydrogen-bond acceptors (Lipinski definition) is 3. The highest BCUT2D eigenvalue weighted by atomic mass is 32.2. The van der Waals surface area contributed by atoms with Crippen molar-refractivity contribution in [3.63, 3.8) is 0 Å². The molecule has 1 saturated carbocycles. The second-order valence-corrected chi connectivity index (χ2v) is 7.70. The Bertz CT molecular complexity index is 449. The minimum absolute atomic E-state index is 0.0657. The molecular formula is C12H22N2O4S. The Morgan fingerprint density at radius 1 is 1.42 bits per heavy atom. The first-order valence-corrected chi connectivity index (χ1v) is 8.25. The number of hydrogen-bond donors (Lipinski definition) is 2. The molecule has 2 unspecified atom stereocenters. The predicted octanol–water partition coefficient (Wildman–Crippen LogP) is 0.804. The number of rotatable bonds is 6. The van der Waals surface area contributed by atoms with E-state index >= 15 is 0 Å². The molecule has 0 amide bonds. The fourth-order valence-corrected chi connectivity index (χ4v) is 4.78. The van der Waals surface area contributed by atoms with Crippen LogP contribution in [0.2, 0.25) is 0 Å². The largest absolute Gasteiger partial charge is 0.480 e. The lowest BCUT2D eigenvalue weighted by Gasteiger charge is -2.28. The lowest BCUT2D eigenvalue weighted by molar-refractivity contribution is -0.139. The standard InChI is InChI=1S/C12H22N2O4S/c1-8(2)5-11(12(15)16)13-19(17,18)14-7-9-3-4-10(14)6-9/h8-11,13H,3-7H2,1-2H3,(H,15,16)/t9?,10?,11-/m1/s1. The van der Waals surface area contributed by atoms with Gasteiger partial charge >= 0.3 is 5.97 Å². The zero-order chi connectivity index (χ0) is 14.2.